The van der Waals surface area contributed by atoms with E-state index in [4.69, 9.17) is 0 Å². The molecule has 1 amide bonds. The molecule has 1 N–H and O–H groups in total. The van der Waals surface area contributed by atoms with E-state index in [-0.39, 0.29) is 29.4 Å². The highest BCUT2D eigenvalue weighted by Gasteiger charge is 2.36. The molecule has 0 aromatic rings. The summed E-state index contributed by atoms with van der Waals surface area (Å²) < 4.78 is 0. The summed E-state index contributed by atoms with van der Waals surface area (Å²) in [6, 6.07) is 0. The van der Waals surface area contributed by atoms with Crippen molar-refractivity contribution in [1.29, 1.82) is 0 Å². The zero-order valence-corrected chi connectivity index (χ0v) is 14.2. The molecule has 2 atom stereocenters. The fourth-order valence-corrected chi connectivity index (χ4v) is 3.22. The van der Waals surface area contributed by atoms with Crippen LogP contribution in [-0.4, -0.2) is 42.8 Å². The molecule has 0 radical (unpaired) electrons. The number of rotatable bonds is 8. The van der Waals surface area contributed by atoms with Crippen LogP contribution in [0.4, 0.5) is 0 Å². The molecule has 0 spiro atoms. The van der Waals surface area contributed by atoms with Gasteiger partial charge in [-0.25, -0.2) is 0 Å². The van der Waals surface area contributed by atoms with Gasteiger partial charge in [0.15, 0.2) is 0 Å². The number of hydrogen-bond donors (Lipinski definition) is 1. The molecule has 1 saturated carbocycles. The molecule has 0 aromatic heterocycles. The third kappa shape index (κ3) is 5.42. The van der Waals surface area contributed by atoms with E-state index < -0.39 is 0 Å². The highest BCUT2D eigenvalue weighted by Crippen LogP contribution is 2.32. The molecule has 122 valence electrons. The van der Waals surface area contributed by atoms with Gasteiger partial charge in [0.05, 0.1) is 0 Å². The first kappa shape index (κ1) is 18.1. The second-order valence-electron chi connectivity index (χ2n) is 6.37. The van der Waals surface area contributed by atoms with Gasteiger partial charge in [-0.05, 0) is 25.9 Å². The van der Waals surface area contributed by atoms with Gasteiger partial charge in [-0.3, -0.25) is 9.59 Å². The summed E-state index contributed by atoms with van der Waals surface area (Å²) in [4.78, 5) is 27.0. The molecule has 4 heteroatoms. The number of carbonyl (C=O) groups is 2. The highest BCUT2D eigenvalue weighted by atomic mass is 16.2. The lowest BCUT2D eigenvalue weighted by atomic mass is 9.74. The van der Waals surface area contributed by atoms with Gasteiger partial charge in [-0.1, -0.05) is 40.5 Å². The Balaban J connectivity index is 2.51. The van der Waals surface area contributed by atoms with E-state index >= 15 is 0 Å². The minimum atomic E-state index is -0.106. The fraction of sp³-hybridized carbons (Fsp3) is 0.882. The van der Waals surface area contributed by atoms with E-state index in [0.717, 1.165) is 45.3 Å². The fourth-order valence-electron chi connectivity index (χ4n) is 3.22. The molecule has 0 aliphatic heterocycles. The Morgan fingerprint density at radius 1 is 1.10 bits per heavy atom. The van der Waals surface area contributed by atoms with E-state index in [0.29, 0.717) is 6.54 Å². The van der Waals surface area contributed by atoms with Crippen molar-refractivity contribution in [3.8, 4) is 0 Å². The first-order chi connectivity index (χ1) is 10.0. The van der Waals surface area contributed by atoms with Crippen LogP contribution in [0.1, 0.15) is 53.4 Å². The number of ketones is 1. The number of carbonyl (C=O) groups excluding carboxylic acids is 2. The zero-order chi connectivity index (χ0) is 15.8. The summed E-state index contributed by atoms with van der Waals surface area (Å²) >= 11 is 0. The van der Waals surface area contributed by atoms with Gasteiger partial charge in [-0.15, -0.1) is 0 Å². The smallest absolute Gasteiger partial charge is 0.223 e. The molecule has 4 nitrogen and oxygen atoms in total. The van der Waals surface area contributed by atoms with Gasteiger partial charge < -0.3 is 10.2 Å². The first-order valence-electron chi connectivity index (χ1n) is 8.55. The Kier molecular flexibility index (Phi) is 7.94. The monoisotopic (exact) mass is 296 g/mol. The van der Waals surface area contributed by atoms with Crippen LogP contribution in [0, 0.1) is 17.8 Å². The maximum Gasteiger partial charge on any atom is 0.223 e. The number of hydrogen-bond acceptors (Lipinski definition) is 3. The minimum Gasteiger partial charge on any atom is -0.355 e. The normalized spacial score (nSPS) is 22.6. The molecule has 1 aliphatic rings. The van der Waals surface area contributed by atoms with Crippen LogP contribution >= 0.6 is 0 Å². The third-order valence-corrected chi connectivity index (χ3v) is 4.66. The molecule has 0 aromatic carbocycles. The molecule has 0 bridgehead atoms. The molecule has 1 fully saturated rings. The molecule has 0 heterocycles. The second kappa shape index (κ2) is 9.19. The Labute approximate surface area is 129 Å². The number of nitrogens with zero attached hydrogens (tertiary/aromatic N) is 1. The van der Waals surface area contributed by atoms with Crippen molar-refractivity contribution < 1.29 is 9.59 Å². The van der Waals surface area contributed by atoms with Crippen LogP contribution in [0.3, 0.4) is 0 Å². The quantitative estimate of drug-likeness (QED) is 0.748. The van der Waals surface area contributed by atoms with Crippen LogP contribution in [0.25, 0.3) is 0 Å². The van der Waals surface area contributed by atoms with Crippen molar-refractivity contribution >= 4 is 11.7 Å². The summed E-state index contributed by atoms with van der Waals surface area (Å²) in [5.41, 5.74) is 0. The zero-order valence-electron chi connectivity index (χ0n) is 14.2. The summed E-state index contributed by atoms with van der Waals surface area (Å²) in [5, 5.41) is 3.04. The number of amides is 1. The van der Waals surface area contributed by atoms with Crippen molar-refractivity contribution in [2.45, 2.75) is 53.4 Å². The maximum absolute atomic E-state index is 12.4. The summed E-state index contributed by atoms with van der Waals surface area (Å²) in [5.74, 6) is 0.205. The van der Waals surface area contributed by atoms with Crippen molar-refractivity contribution in [2.75, 3.05) is 26.2 Å². The summed E-state index contributed by atoms with van der Waals surface area (Å²) in [6.07, 6.45) is 3.88. The molecule has 0 saturated heterocycles. The average Bonchev–Trinajstić information content (AvgIpc) is 2.50. The highest BCUT2D eigenvalue weighted by molar-refractivity contribution is 5.89. The van der Waals surface area contributed by atoms with Gasteiger partial charge in [-0.2, -0.15) is 0 Å². The van der Waals surface area contributed by atoms with Gasteiger partial charge >= 0.3 is 0 Å². The molecule has 1 rings (SSSR count). The lowest BCUT2D eigenvalue weighted by Crippen LogP contribution is -2.43. The van der Waals surface area contributed by atoms with E-state index in [1.165, 1.54) is 0 Å². The molecule has 21 heavy (non-hydrogen) atoms. The van der Waals surface area contributed by atoms with E-state index in [1.54, 1.807) is 0 Å². The minimum absolute atomic E-state index is 0.0269. The first-order valence-corrected chi connectivity index (χ1v) is 8.55. The Morgan fingerprint density at radius 2 is 1.67 bits per heavy atom. The SMILES string of the molecule is CCN(CC)CCNC(=O)[C@@H]1CCCC[C@@H]1C(=O)C(C)C. The van der Waals surface area contributed by atoms with Crippen molar-refractivity contribution in [2.24, 2.45) is 17.8 Å². The summed E-state index contributed by atoms with van der Waals surface area (Å²) in [7, 11) is 0. The Hall–Kier alpha value is -0.900. The van der Waals surface area contributed by atoms with Gasteiger partial charge in [0, 0.05) is 30.8 Å². The van der Waals surface area contributed by atoms with Gasteiger partial charge in [0.25, 0.3) is 0 Å². The van der Waals surface area contributed by atoms with Crippen LogP contribution in [0.5, 0.6) is 0 Å². The number of Topliss-reactive ketones (excluding diaryl/α,β-unsaturated/α-hetero) is 1. The van der Waals surface area contributed by atoms with Crippen LogP contribution < -0.4 is 5.32 Å². The predicted molar refractivity (Wildman–Crippen MR) is 86.1 cm³/mol. The Bertz CT molecular complexity index is 338. The van der Waals surface area contributed by atoms with Crippen LogP contribution in [0.15, 0.2) is 0 Å². The van der Waals surface area contributed by atoms with Crippen molar-refractivity contribution in [3.63, 3.8) is 0 Å². The van der Waals surface area contributed by atoms with Gasteiger partial charge in [0.1, 0.15) is 5.78 Å². The molecular formula is C17H32N2O2. The van der Waals surface area contributed by atoms with Crippen LogP contribution in [-0.2, 0) is 9.59 Å². The Morgan fingerprint density at radius 3 is 2.19 bits per heavy atom. The van der Waals surface area contributed by atoms with Crippen molar-refractivity contribution in [3.05, 3.63) is 0 Å². The van der Waals surface area contributed by atoms with E-state index in [1.807, 2.05) is 13.8 Å². The number of likely N-dealkylation sites (N-methyl/N-ethyl adjacent to an activating group) is 1. The third-order valence-electron chi connectivity index (χ3n) is 4.66. The predicted octanol–water partition coefficient (Wildman–Crippen LogP) is 2.48. The van der Waals surface area contributed by atoms with Gasteiger partial charge in [0.2, 0.25) is 5.91 Å². The van der Waals surface area contributed by atoms with Crippen LogP contribution in [0.2, 0.25) is 0 Å². The lowest BCUT2D eigenvalue weighted by molar-refractivity contribution is -0.137. The molecule has 1 aliphatic carbocycles. The average molecular weight is 296 g/mol. The summed E-state index contributed by atoms with van der Waals surface area (Å²) in [6.45, 7) is 11.7. The van der Waals surface area contributed by atoms with E-state index in [2.05, 4.69) is 24.1 Å². The lowest BCUT2D eigenvalue weighted by Gasteiger charge is -2.31. The largest absolute Gasteiger partial charge is 0.355 e. The standard InChI is InChI=1S/C17H32N2O2/c1-5-19(6-2)12-11-18-17(21)15-10-8-7-9-14(15)16(20)13(3)4/h13-15H,5-12H2,1-4H3,(H,18,21)/t14-,15+/m0/s1. The topological polar surface area (TPSA) is 49.4 Å². The molecular weight excluding hydrogens is 264 g/mol. The van der Waals surface area contributed by atoms with E-state index in [9.17, 15) is 9.59 Å². The van der Waals surface area contributed by atoms with Crippen molar-refractivity contribution in [1.82, 2.24) is 10.2 Å². The molecule has 0 unspecified atom stereocenters. The second-order valence-corrected chi connectivity index (χ2v) is 6.37. The number of nitrogens with one attached hydrogen (secondary N) is 1. The maximum atomic E-state index is 12.4.